The van der Waals surface area contributed by atoms with Crippen LogP contribution in [0.5, 0.6) is 5.75 Å². The van der Waals surface area contributed by atoms with E-state index in [4.69, 9.17) is 14.2 Å². The van der Waals surface area contributed by atoms with E-state index in [-0.39, 0.29) is 6.61 Å². The van der Waals surface area contributed by atoms with Gasteiger partial charge in [-0.15, -0.1) is 0 Å². The van der Waals surface area contributed by atoms with Gasteiger partial charge in [0.1, 0.15) is 5.75 Å². The molecule has 0 saturated carbocycles. The third-order valence-electron chi connectivity index (χ3n) is 5.10. The molecule has 0 fully saturated rings. The average Bonchev–Trinajstić information content (AvgIpc) is 3.28. The van der Waals surface area contributed by atoms with Gasteiger partial charge in [0, 0.05) is 41.8 Å². The first-order valence-electron chi connectivity index (χ1n) is 10.1. The van der Waals surface area contributed by atoms with E-state index in [9.17, 15) is 9.59 Å². The molecule has 0 aliphatic carbocycles. The number of ether oxygens (including phenoxy) is 3. The number of hydrogen-bond donors (Lipinski definition) is 1. The standard InChI is InChI=1S/C23H27N3O5/c1-15-20(22(27)29-4)16(2)25-17(3)21(15)23(28)31-13-5-12-30-19-8-6-18(7-9-19)26-11-10-24-14-26/h6-11,14-15,25H,5,12-13H2,1-4H3. The smallest absolute Gasteiger partial charge is 0.336 e. The number of dihydropyridines is 1. The lowest BCUT2D eigenvalue weighted by molar-refractivity contribution is -0.140. The van der Waals surface area contributed by atoms with E-state index in [2.05, 4.69) is 10.3 Å². The quantitative estimate of drug-likeness (QED) is 0.513. The molecule has 1 aromatic heterocycles. The predicted molar refractivity (Wildman–Crippen MR) is 114 cm³/mol. The molecule has 2 aromatic rings. The average molecular weight is 425 g/mol. The molecule has 0 saturated heterocycles. The number of aromatic nitrogens is 2. The number of esters is 2. The molecular weight excluding hydrogens is 398 g/mol. The van der Waals surface area contributed by atoms with Crippen molar-refractivity contribution in [1.82, 2.24) is 14.9 Å². The number of methoxy groups -OCH3 is 1. The molecule has 164 valence electrons. The molecule has 8 nitrogen and oxygen atoms in total. The molecule has 0 amide bonds. The first kappa shape index (κ1) is 22.1. The van der Waals surface area contributed by atoms with Gasteiger partial charge in [-0.25, -0.2) is 14.6 Å². The topological polar surface area (TPSA) is 91.7 Å². The van der Waals surface area contributed by atoms with Crippen LogP contribution >= 0.6 is 0 Å². The van der Waals surface area contributed by atoms with Crippen LogP contribution in [-0.2, 0) is 19.1 Å². The number of carbonyl (C=O) groups is 2. The van der Waals surface area contributed by atoms with Crippen molar-refractivity contribution in [3.8, 4) is 11.4 Å². The highest BCUT2D eigenvalue weighted by molar-refractivity contribution is 5.97. The molecule has 31 heavy (non-hydrogen) atoms. The Morgan fingerprint density at radius 2 is 1.74 bits per heavy atom. The first-order chi connectivity index (χ1) is 14.9. The highest BCUT2D eigenvalue weighted by Gasteiger charge is 2.33. The van der Waals surface area contributed by atoms with E-state index in [1.54, 1.807) is 33.3 Å². The summed E-state index contributed by atoms with van der Waals surface area (Å²) in [7, 11) is 1.32. The largest absolute Gasteiger partial charge is 0.493 e. The summed E-state index contributed by atoms with van der Waals surface area (Å²) in [5, 5.41) is 3.07. The minimum atomic E-state index is -0.456. The zero-order valence-corrected chi connectivity index (χ0v) is 18.2. The minimum absolute atomic E-state index is 0.214. The van der Waals surface area contributed by atoms with Crippen LogP contribution in [0.15, 0.2) is 65.5 Å². The fourth-order valence-corrected chi connectivity index (χ4v) is 3.60. The van der Waals surface area contributed by atoms with Gasteiger partial charge >= 0.3 is 11.9 Å². The van der Waals surface area contributed by atoms with E-state index in [1.165, 1.54) is 7.11 Å². The molecule has 2 heterocycles. The van der Waals surface area contributed by atoms with Crippen LogP contribution in [0.3, 0.4) is 0 Å². The Morgan fingerprint density at radius 3 is 2.35 bits per heavy atom. The van der Waals surface area contributed by atoms with Gasteiger partial charge < -0.3 is 24.1 Å². The fraction of sp³-hybridized carbons (Fsp3) is 0.348. The van der Waals surface area contributed by atoms with Crippen LogP contribution in [0.1, 0.15) is 27.2 Å². The molecule has 0 radical (unpaired) electrons. The van der Waals surface area contributed by atoms with Gasteiger partial charge in [0.15, 0.2) is 0 Å². The summed E-state index contributed by atoms with van der Waals surface area (Å²) in [6.07, 6.45) is 5.87. The zero-order chi connectivity index (χ0) is 22.4. The second-order valence-corrected chi connectivity index (χ2v) is 7.22. The third kappa shape index (κ3) is 5.14. The fourth-order valence-electron chi connectivity index (χ4n) is 3.60. The SMILES string of the molecule is COC(=O)C1=C(C)NC(C)=C(C(=O)OCCCOc2ccc(-n3ccnc3)cc2)C1C. The van der Waals surface area contributed by atoms with Crippen molar-refractivity contribution in [1.29, 1.82) is 0 Å². The molecule has 0 bridgehead atoms. The molecular formula is C23H27N3O5. The first-order valence-corrected chi connectivity index (χ1v) is 10.1. The third-order valence-corrected chi connectivity index (χ3v) is 5.10. The maximum atomic E-state index is 12.6. The van der Waals surface area contributed by atoms with E-state index in [1.807, 2.05) is 35.0 Å². The molecule has 1 aliphatic rings. The van der Waals surface area contributed by atoms with Crippen molar-refractivity contribution < 1.29 is 23.8 Å². The number of hydrogen-bond acceptors (Lipinski definition) is 7. The van der Waals surface area contributed by atoms with E-state index in [0.29, 0.717) is 35.6 Å². The Morgan fingerprint density at radius 1 is 1.06 bits per heavy atom. The highest BCUT2D eigenvalue weighted by Crippen LogP contribution is 2.30. The maximum absolute atomic E-state index is 12.6. The van der Waals surface area contributed by atoms with Crippen molar-refractivity contribution >= 4 is 11.9 Å². The predicted octanol–water partition coefficient (Wildman–Crippen LogP) is 3.14. The summed E-state index contributed by atoms with van der Waals surface area (Å²) in [6.45, 7) is 6.00. The van der Waals surface area contributed by atoms with E-state index >= 15 is 0 Å². The normalized spacial score (nSPS) is 16.1. The molecule has 1 atom stereocenters. The monoisotopic (exact) mass is 425 g/mol. The van der Waals surface area contributed by atoms with Gasteiger partial charge in [0.2, 0.25) is 0 Å². The van der Waals surface area contributed by atoms with Crippen LogP contribution in [0, 0.1) is 5.92 Å². The van der Waals surface area contributed by atoms with Gasteiger partial charge in [-0.2, -0.15) is 0 Å². The lowest BCUT2D eigenvalue weighted by Gasteiger charge is -2.27. The number of imidazole rings is 1. The summed E-state index contributed by atoms with van der Waals surface area (Å²) in [6, 6.07) is 7.65. The highest BCUT2D eigenvalue weighted by atomic mass is 16.5. The Kier molecular flexibility index (Phi) is 7.12. The van der Waals surface area contributed by atoms with Crippen molar-refractivity contribution in [3.05, 3.63) is 65.5 Å². The molecule has 1 aromatic carbocycles. The Bertz CT molecular complexity index is 991. The zero-order valence-electron chi connectivity index (χ0n) is 18.2. The van der Waals surface area contributed by atoms with Crippen molar-refractivity contribution in [3.63, 3.8) is 0 Å². The molecule has 8 heteroatoms. The molecule has 1 aliphatic heterocycles. The van der Waals surface area contributed by atoms with Crippen molar-refractivity contribution in [2.45, 2.75) is 27.2 Å². The molecule has 1 N–H and O–H groups in total. The summed E-state index contributed by atoms with van der Waals surface area (Å²) in [5.74, 6) is -0.576. The van der Waals surface area contributed by atoms with Crippen LogP contribution in [0.4, 0.5) is 0 Å². The Labute approximate surface area is 181 Å². The van der Waals surface area contributed by atoms with Gasteiger partial charge in [-0.3, -0.25) is 0 Å². The molecule has 3 rings (SSSR count). The summed E-state index contributed by atoms with van der Waals surface area (Å²) < 4.78 is 17.9. The minimum Gasteiger partial charge on any atom is -0.493 e. The van der Waals surface area contributed by atoms with Gasteiger partial charge in [0.05, 0.1) is 37.8 Å². The maximum Gasteiger partial charge on any atom is 0.336 e. The van der Waals surface area contributed by atoms with Crippen LogP contribution in [-0.4, -0.2) is 41.8 Å². The number of allylic oxidation sites excluding steroid dienone is 2. The number of benzene rings is 1. The van der Waals surface area contributed by atoms with E-state index < -0.39 is 17.9 Å². The van der Waals surface area contributed by atoms with Gasteiger partial charge in [0.25, 0.3) is 0 Å². The number of carbonyl (C=O) groups excluding carboxylic acids is 2. The van der Waals surface area contributed by atoms with Crippen molar-refractivity contribution in [2.24, 2.45) is 5.92 Å². The summed E-state index contributed by atoms with van der Waals surface area (Å²) in [5.41, 5.74) is 3.22. The lowest BCUT2D eigenvalue weighted by Crippen LogP contribution is -2.32. The number of nitrogens with zero attached hydrogens (tertiary/aromatic N) is 2. The summed E-state index contributed by atoms with van der Waals surface area (Å²) >= 11 is 0. The van der Waals surface area contributed by atoms with Crippen LogP contribution in [0.25, 0.3) is 5.69 Å². The second-order valence-electron chi connectivity index (χ2n) is 7.22. The Balaban J connectivity index is 1.47. The second kappa shape index (κ2) is 9.97. The Hall–Kier alpha value is -3.55. The van der Waals surface area contributed by atoms with E-state index in [0.717, 1.165) is 11.4 Å². The van der Waals surface area contributed by atoms with Crippen molar-refractivity contribution in [2.75, 3.05) is 20.3 Å². The number of rotatable bonds is 8. The molecule has 0 spiro atoms. The van der Waals surface area contributed by atoms with Gasteiger partial charge in [-0.1, -0.05) is 6.92 Å². The van der Waals surface area contributed by atoms with Crippen LogP contribution < -0.4 is 10.1 Å². The lowest BCUT2D eigenvalue weighted by atomic mass is 9.87. The van der Waals surface area contributed by atoms with Crippen LogP contribution in [0.2, 0.25) is 0 Å². The summed E-state index contributed by atoms with van der Waals surface area (Å²) in [4.78, 5) is 28.7. The molecule has 1 unspecified atom stereocenters. The number of nitrogens with one attached hydrogen (secondary N) is 1. The van der Waals surface area contributed by atoms with Gasteiger partial charge in [-0.05, 0) is 38.1 Å².